The SMILES string of the molecule is O=c1ccc(S(=O)(=O)Nc2cc(F)ccc2[N+](=O)[O-])c[nH]1. The van der Waals surface area contributed by atoms with Crippen LogP contribution in [0.3, 0.4) is 0 Å². The van der Waals surface area contributed by atoms with Crippen molar-refractivity contribution < 1.29 is 17.7 Å². The predicted octanol–water partition coefficient (Wildman–Crippen LogP) is 1.22. The van der Waals surface area contributed by atoms with Crippen molar-refractivity contribution in [2.45, 2.75) is 4.90 Å². The van der Waals surface area contributed by atoms with Crippen molar-refractivity contribution in [1.82, 2.24) is 4.98 Å². The smallest absolute Gasteiger partial charge is 0.293 e. The summed E-state index contributed by atoms with van der Waals surface area (Å²) in [5, 5.41) is 10.8. The minimum Gasteiger partial charge on any atom is -0.328 e. The first-order valence-electron chi connectivity index (χ1n) is 5.45. The molecule has 0 spiro atoms. The summed E-state index contributed by atoms with van der Waals surface area (Å²) in [6.07, 6.45) is 0.926. The first-order chi connectivity index (χ1) is 9.79. The fourth-order valence-electron chi connectivity index (χ4n) is 1.52. The molecular formula is C11H8FN3O5S. The third kappa shape index (κ3) is 3.23. The number of benzene rings is 1. The van der Waals surface area contributed by atoms with Gasteiger partial charge in [0.15, 0.2) is 0 Å². The average Bonchev–Trinajstić information content (AvgIpc) is 2.38. The number of anilines is 1. The molecule has 0 saturated carbocycles. The van der Waals surface area contributed by atoms with Crippen molar-refractivity contribution in [3.63, 3.8) is 0 Å². The molecule has 0 saturated heterocycles. The Kier molecular flexibility index (Phi) is 3.72. The number of nitrogens with one attached hydrogen (secondary N) is 2. The van der Waals surface area contributed by atoms with E-state index in [0.29, 0.717) is 6.07 Å². The molecule has 2 aromatic rings. The Morgan fingerprint density at radius 3 is 2.52 bits per heavy atom. The zero-order valence-corrected chi connectivity index (χ0v) is 11.1. The summed E-state index contributed by atoms with van der Waals surface area (Å²) in [6.45, 7) is 0. The minimum absolute atomic E-state index is 0.319. The molecule has 0 aliphatic carbocycles. The lowest BCUT2D eigenvalue weighted by atomic mass is 10.3. The van der Waals surface area contributed by atoms with E-state index in [0.717, 1.165) is 30.5 Å². The lowest BCUT2D eigenvalue weighted by Gasteiger charge is -2.08. The Labute approximate surface area is 117 Å². The summed E-state index contributed by atoms with van der Waals surface area (Å²) >= 11 is 0. The Hall–Kier alpha value is -2.75. The monoisotopic (exact) mass is 313 g/mol. The summed E-state index contributed by atoms with van der Waals surface area (Å²) in [5.41, 5.74) is -1.61. The Bertz CT molecular complexity index is 842. The van der Waals surface area contributed by atoms with Gasteiger partial charge in [-0.25, -0.2) is 12.8 Å². The first-order valence-corrected chi connectivity index (χ1v) is 6.93. The van der Waals surface area contributed by atoms with Crippen molar-refractivity contribution in [1.29, 1.82) is 0 Å². The van der Waals surface area contributed by atoms with Crippen LogP contribution in [0, 0.1) is 15.9 Å². The van der Waals surface area contributed by atoms with Gasteiger partial charge in [0.25, 0.3) is 15.7 Å². The normalized spacial score (nSPS) is 11.1. The Morgan fingerprint density at radius 1 is 1.24 bits per heavy atom. The number of hydrogen-bond donors (Lipinski definition) is 2. The van der Waals surface area contributed by atoms with E-state index in [-0.39, 0.29) is 4.90 Å². The number of halogens is 1. The van der Waals surface area contributed by atoms with Crippen LogP contribution in [0.4, 0.5) is 15.8 Å². The highest BCUT2D eigenvalue weighted by Gasteiger charge is 2.21. The summed E-state index contributed by atoms with van der Waals surface area (Å²) in [5.74, 6) is -0.834. The summed E-state index contributed by atoms with van der Waals surface area (Å²) in [6, 6.07) is 4.39. The van der Waals surface area contributed by atoms with Crippen LogP contribution in [0.25, 0.3) is 0 Å². The number of sulfonamides is 1. The zero-order chi connectivity index (χ0) is 15.6. The van der Waals surface area contributed by atoms with Gasteiger partial charge in [-0.05, 0) is 12.1 Å². The summed E-state index contributed by atoms with van der Waals surface area (Å²) in [4.78, 5) is 22.7. The minimum atomic E-state index is -4.19. The van der Waals surface area contributed by atoms with Gasteiger partial charge in [0.2, 0.25) is 5.56 Å². The molecule has 110 valence electrons. The van der Waals surface area contributed by atoms with Gasteiger partial charge in [0, 0.05) is 24.4 Å². The maximum Gasteiger partial charge on any atom is 0.293 e. The molecular weight excluding hydrogens is 305 g/mol. The Morgan fingerprint density at radius 2 is 1.95 bits per heavy atom. The predicted molar refractivity (Wildman–Crippen MR) is 70.9 cm³/mol. The van der Waals surface area contributed by atoms with Gasteiger partial charge in [-0.15, -0.1) is 0 Å². The fraction of sp³-hybridized carbons (Fsp3) is 0. The maximum absolute atomic E-state index is 13.1. The number of H-pyrrole nitrogens is 1. The highest BCUT2D eigenvalue weighted by atomic mass is 32.2. The van der Waals surface area contributed by atoms with Crippen LogP contribution in [0.1, 0.15) is 0 Å². The van der Waals surface area contributed by atoms with Crippen LogP contribution in [-0.2, 0) is 10.0 Å². The van der Waals surface area contributed by atoms with E-state index in [1.165, 1.54) is 0 Å². The average molecular weight is 313 g/mol. The van der Waals surface area contributed by atoms with E-state index in [4.69, 9.17) is 0 Å². The van der Waals surface area contributed by atoms with Gasteiger partial charge in [0.1, 0.15) is 16.4 Å². The Balaban J connectivity index is 2.45. The quantitative estimate of drug-likeness (QED) is 0.649. The van der Waals surface area contributed by atoms with Crippen LogP contribution in [-0.4, -0.2) is 18.3 Å². The number of rotatable bonds is 4. The molecule has 1 heterocycles. The van der Waals surface area contributed by atoms with E-state index in [9.17, 15) is 27.7 Å². The standard InChI is InChI=1S/C11H8FN3O5S/c12-7-1-3-10(15(17)18)9(5-7)14-21(19,20)8-2-4-11(16)13-6-8/h1-6,14H,(H,13,16). The first kappa shape index (κ1) is 14.7. The molecule has 2 N–H and O–H groups in total. The molecule has 0 radical (unpaired) electrons. The fourth-order valence-corrected chi connectivity index (χ4v) is 2.55. The van der Waals surface area contributed by atoms with Gasteiger partial charge < -0.3 is 4.98 Å². The number of pyridine rings is 1. The topological polar surface area (TPSA) is 122 Å². The van der Waals surface area contributed by atoms with E-state index < -0.39 is 37.7 Å². The molecule has 21 heavy (non-hydrogen) atoms. The molecule has 2 rings (SSSR count). The molecule has 0 aliphatic heterocycles. The van der Waals surface area contributed by atoms with E-state index in [1.54, 1.807) is 0 Å². The van der Waals surface area contributed by atoms with Crippen molar-refractivity contribution in [2.24, 2.45) is 0 Å². The molecule has 0 amide bonds. The molecule has 0 unspecified atom stereocenters. The molecule has 10 heteroatoms. The molecule has 1 aromatic carbocycles. The van der Waals surface area contributed by atoms with Gasteiger partial charge >= 0.3 is 0 Å². The second-order valence-corrected chi connectivity index (χ2v) is 5.60. The van der Waals surface area contributed by atoms with Crippen LogP contribution in [0.2, 0.25) is 0 Å². The van der Waals surface area contributed by atoms with Crippen molar-refractivity contribution in [3.05, 3.63) is 62.8 Å². The van der Waals surface area contributed by atoms with E-state index >= 15 is 0 Å². The maximum atomic E-state index is 13.1. The third-order valence-corrected chi connectivity index (χ3v) is 3.83. The highest BCUT2D eigenvalue weighted by Crippen LogP contribution is 2.27. The number of nitro groups is 1. The molecule has 0 atom stereocenters. The van der Waals surface area contributed by atoms with Crippen LogP contribution < -0.4 is 10.3 Å². The third-order valence-electron chi connectivity index (χ3n) is 2.47. The lowest BCUT2D eigenvalue weighted by molar-refractivity contribution is -0.383. The summed E-state index contributed by atoms with van der Waals surface area (Å²) in [7, 11) is -4.19. The molecule has 0 bridgehead atoms. The van der Waals surface area contributed by atoms with E-state index in [2.05, 4.69) is 4.98 Å². The lowest BCUT2D eigenvalue weighted by Crippen LogP contribution is -2.16. The van der Waals surface area contributed by atoms with Gasteiger partial charge in [-0.2, -0.15) is 0 Å². The van der Waals surface area contributed by atoms with Crippen molar-refractivity contribution >= 4 is 21.4 Å². The molecule has 8 nitrogen and oxygen atoms in total. The summed E-state index contributed by atoms with van der Waals surface area (Å²) < 4.78 is 39.1. The van der Waals surface area contributed by atoms with Crippen molar-refractivity contribution in [3.8, 4) is 0 Å². The van der Waals surface area contributed by atoms with Crippen molar-refractivity contribution in [2.75, 3.05) is 4.72 Å². The van der Waals surface area contributed by atoms with Gasteiger partial charge in [-0.1, -0.05) is 0 Å². The second kappa shape index (κ2) is 5.32. The number of nitro benzene ring substituents is 1. The van der Waals surface area contributed by atoms with Gasteiger partial charge in [0.05, 0.1) is 4.92 Å². The number of aromatic amines is 1. The zero-order valence-electron chi connectivity index (χ0n) is 10.2. The molecule has 1 aromatic heterocycles. The largest absolute Gasteiger partial charge is 0.328 e. The number of hydrogen-bond acceptors (Lipinski definition) is 5. The number of aromatic nitrogens is 1. The second-order valence-electron chi connectivity index (χ2n) is 3.91. The highest BCUT2D eigenvalue weighted by molar-refractivity contribution is 7.92. The van der Waals surface area contributed by atoms with Gasteiger partial charge in [-0.3, -0.25) is 19.6 Å². The van der Waals surface area contributed by atoms with Crippen LogP contribution in [0.15, 0.2) is 46.2 Å². The molecule has 0 aliphatic rings. The van der Waals surface area contributed by atoms with Crippen LogP contribution in [0.5, 0.6) is 0 Å². The molecule has 0 fully saturated rings. The van der Waals surface area contributed by atoms with Crippen LogP contribution >= 0.6 is 0 Å². The number of nitrogens with zero attached hydrogens (tertiary/aromatic N) is 1. The van der Waals surface area contributed by atoms with E-state index in [1.807, 2.05) is 4.72 Å².